The molecule has 0 unspecified atom stereocenters. The molecule has 0 heterocycles. The maximum Gasteiger partial charge on any atom is 0.330 e. The molecule has 0 aliphatic carbocycles. The molecule has 0 bridgehead atoms. The fraction of sp³-hybridized carbons (Fsp3) is 0.500. The number of halogens is 1. The van der Waals surface area contributed by atoms with Crippen LogP contribution in [0.25, 0.3) is 0 Å². The molecule has 0 rings (SSSR count). The summed E-state index contributed by atoms with van der Waals surface area (Å²) in [7, 11) is 0. The van der Waals surface area contributed by atoms with Crippen molar-refractivity contribution >= 4 is 18.4 Å². The van der Waals surface area contributed by atoms with Gasteiger partial charge in [-0.25, -0.2) is 4.79 Å². The van der Waals surface area contributed by atoms with E-state index >= 15 is 0 Å². The van der Waals surface area contributed by atoms with Gasteiger partial charge in [0.15, 0.2) is 0 Å². The normalized spacial score (nSPS) is 7.67. The van der Waals surface area contributed by atoms with Crippen molar-refractivity contribution < 1.29 is 9.90 Å². The van der Waals surface area contributed by atoms with E-state index in [0.29, 0.717) is 12.0 Å². The third kappa shape index (κ3) is 5.37. The molecule has 0 saturated carbocycles. The van der Waals surface area contributed by atoms with Gasteiger partial charge in [0, 0.05) is 5.57 Å². The molecule has 0 radical (unpaired) electrons. The van der Waals surface area contributed by atoms with Crippen LogP contribution >= 0.6 is 12.4 Å². The minimum Gasteiger partial charge on any atom is -0.478 e. The van der Waals surface area contributed by atoms with E-state index in [1.54, 1.807) is 0 Å². The summed E-state index contributed by atoms with van der Waals surface area (Å²) in [6.07, 6.45) is 1.44. The van der Waals surface area contributed by atoms with Gasteiger partial charge in [-0.1, -0.05) is 19.9 Å². The number of carboxylic acid groups (broad SMARTS) is 1. The van der Waals surface area contributed by atoms with Gasteiger partial charge in [0.2, 0.25) is 0 Å². The molecule has 9 heavy (non-hydrogen) atoms. The largest absolute Gasteiger partial charge is 0.478 e. The van der Waals surface area contributed by atoms with Gasteiger partial charge in [0.1, 0.15) is 0 Å². The average Bonchev–Trinajstić information content (AvgIpc) is 1.67. The molecule has 3 heteroatoms. The Hall–Kier alpha value is -0.500. The van der Waals surface area contributed by atoms with Crippen LogP contribution in [-0.2, 0) is 4.79 Å². The van der Waals surface area contributed by atoms with Crippen molar-refractivity contribution in [2.75, 3.05) is 0 Å². The zero-order chi connectivity index (χ0) is 6.57. The highest BCUT2D eigenvalue weighted by Gasteiger charge is 1.99. The Bertz CT molecular complexity index is 110. The monoisotopic (exact) mass is 150 g/mol. The second-order valence-electron chi connectivity index (χ2n) is 1.66. The molecule has 0 aliphatic heterocycles. The zero-order valence-electron chi connectivity index (χ0n) is 5.39. The molecule has 0 amide bonds. The first-order valence-corrected chi connectivity index (χ1v) is 2.59. The summed E-state index contributed by atoms with van der Waals surface area (Å²) >= 11 is 0. The Balaban J connectivity index is 0. The van der Waals surface area contributed by atoms with E-state index in [0.717, 1.165) is 6.42 Å². The minimum absolute atomic E-state index is 0. The Labute approximate surface area is 61.0 Å². The van der Waals surface area contributed by atoms with Crippen LogP contribution in [0.5, 0.6) is 0 Å². The highest BCUT2D eigenvalue weighted by atomic mass is 35.5. The van der Waals surface area contributed by atoms with Crippen molar-refractivity contribution in [3.05, 3.63) is 12.2 Å². The number of aliphatic carboxylic acids is 1. The highest BCUT2D eigenvalue weighted by molar-refractivity contribution is 5.85. The van der Waals surface area contributed by atoms with E-state index in [-0.39, 0.29) is 12.4 Å². The number of hydrogen-bond acceptors (Lipinski definition) is 1. The summed E-state index contributed by atoms with van der Waals surface area (Å²) < 4.78 is 0. The lowest BCUT2D eigenvalue weighted by molar-refractivity contribution is -0.132. The van der Waals surface area contributed by atoms with Gasteiger partial charge in [0.25, 0.3) is 0 Å². The number of carboxylic acids is 1. The van der Waals surface area contributed by atoms with Gasteiger partial charge in [-0.05, 0) is 6.42 Å². The van der Waals surface area contributed by atoms with Crippen molar-refractivity contribution in [2.24, 2.45) is 0 Å². The lowest BCUT2D eigenvalue weighted by Gasteiger charge is -1.92. The van der Waals surface area contributed by atoms with Crippen LogP contribution in [0.15, 0.2) is 12.2 Å². The lowest BCUT2D eigenvalue weighted by Crippen LogP contribution is -1.97. The Morgan fingerprint density at radius 3 is 2.22 bits per heavy atom. The molecule has 0 atom stereocenters. The quantitative estimate of drug-likeness (QED) is 0.624. The van der Waals surface area contributed by atoms with E-state index in [1.807, 2.05) is 6.92 Å². The van der Waals surface area contributed by atoms with Gasteiger partial charge in [-0.2, -0.15) is 0 Å². The van der Waals surface area contributed by atoms with Crippen LogP contribution < -0.4 is 0 Å². The molecular weight excluding hydrogens is 140 g/mol. The highest BCUT2D eigenvalue weighted by Crippen LogP contribution is 1.99. The first kappa shape index (κ1) is 11.3. The summed E-state index contributed by atoms with van der Waals surface area (Å²) in [5.74, 6) is -0.883. The average molecular weight is 151 g/mol. The first-order valence-electron chi connectivity index (χ1n) is 2.59. The molecule has 1 N–H and O–H groups in total. The molecular formula is C6H11ClO2. The van der Waals surface area contributed by atoms with Crippen LogP contribution in [0.4, 0.5) is 0 Å². The smallest absolute Gasteiger partial charge is 0.330 e. The van der Waals surface area contributed by atoms with E-state index in [9.17, 15) is 4.79 Å². The van der Waals surface area contributed by atoms with E-state index in [4.69, 9.17) is 5.11 Å². The summed E-state index contributed by atoms with van der Waals surface area (Å²) in [6, 6.07) is 0. The zero-order valence-corrected chi connectivity index (χ0v) is 6.20. The van der Waals surface area contributed by atoms with Crippen LogP contribution in [-0.4, -0.2) is 11.1 Å². The molecule has 0 fully saturated rings. The van der Waals surface area contributed by atoms with Gasteiger partial charge in [-0.3, -0.25) is 0 Å². The van der Waals surface area contributed by atoms with E-state index in [2.05, 4.69) is 6.58 Å². The summed E-state index contributed by atoms with van der Waals surface area (Å²) in [6.45, 7) is 5.27. The minimum atomic E-state index is -0.883. The summed E-state index contributed by atoms with van der Waals surface area (Å²) in [4.78, 5) is 9.99. The summed E-state index contributed by atoms with van der Waals surface area (Å²) in [5.41, 5.74) is 0.299. The summed E-state index contributed by atoms with van der Waals surface area (Å²) in [5, 5.41) is 8.21. The second-order valence-corrected chi connectivity index (χ2v) is 1.66. The number of carbonyl (C=O) groups is 1. The van der Waals surface area contributed by atoms with Crippen molar-refractivity contribution in [1.82, 2.24) is 0 Å². The van der Waals surface area contributed by atoms with Crippen molar-refractivity contribution in [2.45, 2.75) is 19.8 Å². The molecule has 0 saturated heterocycles. The Kier molecular flexibility index (Phi) is 7.08. The standard InChI is InChI=1S/C6H10O2.ClH/c1-3-4-5(2)6(7)8;/h2-4H2,1H3,(H,7,8);1H. The molecule has 0 aromatic rings. The van der Waals surface area contributed by atoms with Crippen LogP contribution in [0.1, 0.15) is 19.8 Å². The third-order valence-corrected chi connectivity index (χ3v) is 0.854. The maximum absolute atomic E-state index is 9.99. The topological polar surface area (TPSA) is 37.3 Å². The Morgan fingerprint density at radius 2 is 2.11 bits per heavy atom. The van der Waals surface area contributed by atoms with Crippen molar-refractivity contribution in [1.29, 1.82) is 0 Å². The van der Waals surface area contributed by atoms with Crippen molar-refractivity contribution in [3.63, 3.8) is 0 Å². The predicted molar refractivity (Wildman–Crippen MR) is 38.9 cm³/mol. The second kappa shape index (κ2) is 5.63. The van der Waals surface area contributed by atoms with Gasteiger partial charge in [-0.15, -0.1) is 12.4 Å². The molecule has 2 nitrogen and oxygen atoms in total. The van der Waals surface area contributed by atoms with Gasteiger partial charge < -0.3 is 5.11 Å². The number of hydrogen-bond donors (Lipinski definition) is 1. The van der Waals surface area contributed by atoms with Crippen LogP contribution in [0, 0.1) is 0 Å². The van der Waals surface area contributed by atoms with E-state index < -0.39 is 5.97 Å². The molecule has 54 valence electrons. The van der Waals surface area contributed by atoms with E-state index in [1.165, 1.54) is 0 Å². The number of rotatable bonds is 3. The van der Waals surface area contributed by atoms with Gasteiger partial charge in [0.05, 0.1) is 0 Å². The van der Waals surface area contributed by atoms with Crippen molar-refractivity contribution in [3.8, 4) is 0 Å². The third-order valence-electron chi connectivity index (χ3n) is 0.854. The fourth-order valence-electron chi connectivity index (χ4n) is 0.409. The van der Waals surface area contributed by atoms with Gasteiger partial charge >= 0.3 is 5.97 Å². The molecule has 0 spiro atoms. The van der Waals surface area contributed by atoms with Crippen LogP contribution in [0.3, 0.4) is 0 Å². The maximum atomic E-state index is 9.99. The SMILES string of the molecule is C=C(CCC)C(=O)O.Cl. The molecule has 0 aromatic carbocycles. The first-order chi connectivity index (χ1) is 3.68. The lowest BCUT2D eigenvalue weighted by atomic mass is 10.2. The predicted octanol–water partition coefficient (Wildman–Crippen LogP) is 1.85. The molecule has 0 aromatic heterocycles. The molecule has 0 aliphatic rings. The fourth-order valence-corrected chi connectivity index (χ4v) is 0.409. The Morgan fingerprint density at radius 1 is 1.67 bits per heavy atom. The van der Waals surface area contributed by atoms with Crippen LogP contribution in [0.2, 0.25) is 0 Å².